The summed E-state index contributed by atoms with van der Waals surface area (Å²) in [5.74, 6) is -1.39. The minimum Gasteiger partial charge on any atom is -0.454 e. The molecule has 174 valence electrons. The summed E-state index contributed by atoms with van der Waals surface area (Å²) in [5, 5.41) is 0. The molecule has 0 fully saturated rings. The lowest BCUT2D eigenvalue weighted by Crippen LogP contribution is -2.34. The molecule has 2 aromatic rings. The number of Topliss-reactive ketones (excluding diaryl/α,β-unsaturated/α-hetero) is 1. The molecular formula is C21H23F3N2O5S. The summed E-state index contributed by atoms with van der Waals surface area (Å²) < 4.78 is 69.4. The van der Waals surface area contributed by atoms with Crippen molar-refractivity contribution < 1.29 is 35.9 Å². The Morgan fingerprint density at radius 2 is 1.84 bits per heavy atom. The van der Waals surface area contributed by atoms with Crippen LogP contribution in [0.15, 0.2) is 24.3 Å². The number of hydrogen-bond donors (Lipinski definition) is 0. The molecule has 1 aromatic heterocycles. The zero-order valence-electron chi connectivity index (χ0n) is 17.8. The number of ether oxygens (including phenoxy) is 1. The number of esters is 1. The van der Waals surface area contributed by atoms with Crippen LogP contribution in [0.4, 0.5) is 18.9 Å². The summed E-state index contributed by atoms with van der Waals surface area (Å²) in [6.07, 6.45) is -2.11. The van der Waals surface area contributed by atoms with Crippen molar-refractivity contribution >= 4 is 27.5 Å². The van der Waals surface area contributed by atoms with Crippen LogP contribution in [0, 0.1) is 13.8 Å². The molecule has 0 radical (unpaired) electrons. The van der Waals surface area contributed by atoms with Crippen molar-refractivity contribution in [1.29, 1.82) is 0 Å². The molecule has 0 spiro atoms. The van der Waals surface area contributed by atoms with E-state index in [4.69, 9.17) is 4.74 Å². The minimum atomic E-state index is -4.44. The fourth-order valence-electron chi connectivity index (χ4n) is 3.80. The van der Waals surface area contributed by atoms with E-state index < -0.39 is 41.1 Å². The van der Waals surface area contributed by atoms with Crippen molar-refractivity contribution in [3.63, 3.8) is 0 Å². The van der Waals surface area contributed by atoms with E-state index in [0.717, 1.165) is 10.8 Å². The quantitative estimate of drug-likeness (QED) is 0.475. The van der Waals surface area contributed by atoms with Crippen LogP contribution in [0.3, 0.4) is 0 Å². The topological polar surface area (TPSA) is 85.7 Å². The van der Waals surface area contributed by atoms with Crippen LogP contribution in [-0.2, 0) is 27.7 Å². The zero-order chi connectivity index (χ0) is 23.8. The van der Waals surface area contributed by atoms with Crippen molar-refractivity contribution in [2.75, 3.05) is 23.7 Å². The molecule has 1 aromatic carbocycles. The average molecular weight is 472 g/mol. The highest BCUT2D eigenvalue weighted by Gasteiger charge is 2.31. The lowest BCUT2D eigenvalue weighted by Gasteiger charge is -2.29. The summed E-state index contributed by atoms with van der Waals surface area (Å²) >= 11 is 0. The Bertz CT molecular complexity index is 1170. The molecule has 1 aliphatic heterocycles. The average Bonchev–Trinajstić information content (AvgIpc) is 2.97. The number of carbonyl (C=O) groups excluding carboxylic acids is 2. The fraction of sp³-hybridized carbons (Fsp3) is 0.429. The molecule has 0 saturated heterocycles. The van der Waals surface area contributed by atoms with Gasteiger partial charge >= 0.3 is 12.1 Å². The highest BCUT2D eigenvalue weighted by Crippen LogP contribution is 2.30. The number of alkyl halides is 3. The minimum absolute atomic E-state index is 0.0335. The molecule has 11 heteroatoms. The van der Waals surface area contributed by atoms with Gasteiger partial charge in [-0.05, 0) is 56.5 Å². The molecule has 0 amide bonds. The van der Waals surface area contributed by atoms with Gasteiger partial charge in [-0.25, -0.2) is 13.2 Å². The van der Waals surface area contributed by atoms with Crippen LogP contribution in [0.5, 0.6) is 0 Å². The lowest BCUT2D eigenvalue weighted by molar-refractivity contribution is -0.141. The number of nitrogens with zero attached hydrogens (tertiary/aromatic N) is 2. The summed E-state index contributed by atoms with van der Waals surface area (Å²) in [7, 11) is -3.44. The van der Waals surface area contributed by atoms with E-state index in [0.29, 0.717) is 30.6 Å². The molecule has 32 heavy (non-hydrogen) atoms. The van der Waals surface area contributed by atoms with Gasteiger partial charge in [-0.1, -0.05) is 0 Å². The third-order valence-corrected chi connectivity index (χ3v) is 6.52. The Morgan fingerprint density at radius 1 is 1.16 bits per heavy atom. The number of rotatable bonds is 6. The van der Waals surface area contributed by atoms with Gasteiger partial charge in [0.05, 0.1) is 17.5 Å². The second-order valence-electron chi connectivity index (χ2n) is 7.77. The number of aryl methyl sites for hydroxylation is 2. The molecule has 0 saturated carbocycles. The van der Waals surface area contributed by atoms with Crippen molar-refractivity contribution in [3.8, 4) is 0 Å². The van der Waals surface area contributed by atoms with Crippen LogP contribution in [-0.4, -0.2) is 50.3 Å². The van der Waals surface area contributed by atoms with Crippen LogP contribution >= 0.6 is 0 Å². The predicted molar refractivity (Wildman–Crippen MR) is 112 cm³/mol. The standard InChI is InChI=1S/C21H23F3N2O5S/c1-13-9-17(14(2)25(13)12-21(22,23)24)20(28)31-11-19(27)16-6-7-18-15(10-16)5-4-8-26(18)32(3,29)30/h6-7,9-10H,4-5,8,11-12H2,1-3H3. The first-order valence-electron chi connectivity index (χ1n) is 9.82. The van der Waals surface area contributed by atoms with E-state index in [1.807, 2.05) is 0 Å². The number of halogens is 3. The first-order chi connectivity index (χ1) is 14.8. The van der Waals surface area contributed by atoms with E-state index in [1.165, 1.54) is 30.3 Å². The van der Waals surface area contributed by atoms with E-state index in [-0.39, 0.29) is 22.5 Å². The molecule has 3 rings (SSSR count). The van der Waals surface area contributed by atoms with Gasteiger partial charge in [0.15, 0.2) is 12.4 Å². The largest absolute Gasteiger partial charge is 0.454 e. The van der Waals surface area contributed by atoms with Gasteiger partial charge < -0.3 is 9.30 Å². The number of anilines is 1. The Kier molecular flexibility index (Phi) is 6.41. The van der Waals surface area contributed by atoms with Gasteiger partial charge in [-0.3, -0.25) is 9.10 Å². The molecule has 0 bridgehead atoms. The molecule has 0 N–H and O–H groups in total. The summed E-state index contributed by atoms with van der Waals surface area (Å²) in [6.45, 7) is 1.39. The monoisotopic (exact) mass is 472 g/mol. The Labute approximate surface area is 183 Å². The van der Waals surface area contributed by atoms with Gasteiger partial charge in [0.1, 0.15) is 6.54 Å². The number of fused-ring (bicyclic) bond motifs is 1. The highest BCUT2D eigenvalue weighted by molar-refractivity contribution is 7.92. The maximum atomic E-state index is 12.7. The maximum absolute atomic E-state index is 12.7. The maximum Gasteiger partial charge on any atom is 0.406 e. The number of benzene rings is 1. The molecule has 0 atom stereocenters. The summed E-state index contributed by atoms with van der Waals surface area (Å²) in [6, 6.07) is 5.90. The number of sulfonamides is 1. The summed E-state index contributed by atoms with van der Waals surface area (Å²) in [5.41, 5.74) is 1.80. The van der Waals surface area contributed by atoms with Gasteiger partial charge in [0.25, 0.3) is 0 Å². The van der Waals surface area contributed by atoms with Crippen molar-refractivity contribution in [3.05, 3.63) is 52.3 Å². The SMILES string of the molecule is Cc1cc(C(=O)OCC(=O)c2ccc3c(c2)CCCN3S(C)(=O)=O)c(C)n1CC(F)(F)F. The Balaban J connectivity index is 1.72. The van der Waals surface area contributed by atoms with Crippen LogP contribution in [0.25, 0.3) is 0 Å². The fourth-order valence-corrected chi connectivity index (χ4v) is 4.80. The second-order valence-corrected chi connectivity index (χ2v) is 9.67. The van der Waals surface area contributed by atoms with E-state index >= 15 is 0 Å². The number of hydrogen-bond acceptors (Lipinski definition) is 5. The van der Waals surface area contributed by atoms with E-state index in [2.05, 4.69) is 0 Å². The van der Waals surface area contributed by atoms with E-state index in [1.54, 1.807) is 12.1 Å². The third-order valence-electron chi connectivity index (χ3n) is 5.34. The van der Waals surface area contributed by atoms with E-state index in [9.17, 15) is 31.2 Å². The molecule has 2 heterocycles. The first kappa shape index (κ1) is 23.8. The van der Waals surface area contributed by atoms with Crippen molar-refractivity contribution in [2.45, 2.75) is 39.4 Å². The lowest BCUT2D eigenvalue weighted by atomic mass is 9.99. The van der Waals surface area contributed by atoms with Gasteiger partial charge in [0.2, 0.25) is 10.0 Å². The first-order valence-corrected chi connectivity index (χ1v) is 11.7. The predicted octanol–water partition coefficient (Wildman–Crippen LogP) is 3.42. The molecular weight excluding hydrogens is 449 g/mol. The molecule has 1 aliphatic rings. The van der Waals surface area contributed by atoms with Gasteiger partial charge in [0, 0.05) is 23.5 Å². The highest BCUT2D eigenvalue weighted by atomic mass is 32.2. The number of aromatic nitrogens is 1. The molecule has 0 unspecified atom stereocenters. The third kappa shape index (κ3) is 5.14. The van der Waals surface area contributed by atoms with Gasteiger partial charge in [-0.2, -0.15) is 13.2 Å². The Morgan fingerprint density at radius 3 is 2.47 bits per heavy atom. The van der Waals surface area contributed by atoms with Gasteiger partial charge in [-0.15, -0.1) is 0 Å². The summed E-state index contributed by atoms with van der Waals surface area (Å²) in [4.78, 5) is 24.9. The van der Waals surface area contributed by atoms with Crippen molar-refractivity contribution in [1.82, 2.24) is 4.57 Å². The molecule has 0 aliphatic carbocycles. The molecule has 7 nitrogen and oxygen atoms in total. The van der Waals surface area contributed by atoms with Crippen LogP contribution < -0.4 is 4.31 Å². The smallest absolute Gasteiger partial charge is 0.406 e. The van der Waals surface area contributed by atoms with Crippen LogP contribution in [0.2, 0.25) is 0 Å². The second kappa shape index (κ2) is 8.61. The van der Waals surface area contributed by atoms with Crippen LogP contribution in [0.1, 0.15) is 44.1 Å². The number of ketones is 1. The number of carbonyl (C=O) groups is 2. The normalized spacial score (nSPS) is 14.2. The Hall–Kier alpha value is -2.82. The van der Waals surface area contributed by atoms with Crippen molar-refractivity contribution in [2.24, 2.45) is 0 Å². The zero-order valence-corrected chi connectivity index (χ0v) is 18.6.